The highest BCUT2D eigenvalue weighted by molar-refractivity contribution is 5.16. The van der Waals surface area contributed by atoms with Gasteiger partial charge in [0.1, 0.15) is 5.82 Å². The van der Waals surface area contributed by atoms with E-state index in [1.165, 1.54) is 17.7 Å². The molecule has 18 heavy (non-hydrogen) atoms. The quantitative estimate of drug-likeness (QED) is 0.887. The maximum absolute atomic E-state index is 12.8. The van der Waals surface area contributed by atoms with Gasteiger partial charge in [-0.2, -0.15) is 0 Å². The highest BCUT2D eigenvalue weighted by Crippen LogP contribution is 2.22. The number of aliphatic hydroxyl groups excluding tert-OH is 1. The Kier molecular flexibility index (Phi) is 4.72. The van der Waals surface area contributed by atoms with Crippen LogP contribution in [0.25, 0.3) is 0 Å². The molecule has 1 aromatic carbocycles. The van der Waals surface area contributed by atoms with Gasteiger partial charge in [0.05, 0.1) is 0 Å². The minimum Gasteiger partial charge on any atom is -0.396 e. The van der Waals surface area contributed by atoms with Crippen molar-refractivity contribution in [3.8, 4) is 0 Å². The smallest absolute Gasteiger partial charge is 0.123 e. The number of hydrogen-bond donors (Lipinski definition) is 1. The largest absolute Gasteiger partial charge is 0.396 e. The first-order chi connectivity index (χ1) is 8.69. The van der Waals surface area contributed by atoms with Crippen LogP contribution in [0, 0.1) is 17.7 Å². The molecule has 0 amide bonds. The van der Waals surface area contributed by atoms with Crippen LogP contribution in [0.15, 0.2) is 24.3 Å². The zero-order valence-electron chi connectivity index (χ0n) is 11.0. The first kappa shape index (κ1) is 13.5. The van der Waals surface area contributed by atoms with Crippen molar-refractivity contribution in [1.82, 2.24) is 4.90 Å². The summed E-state index contributed by atoms with van der Waals surface area (Å²) in [6.45, 7) is 5.60. The Morgan fingerprint density at radius 1 is 1.33 bits per heavy atom. The van der Waals surface area contributed by atoms with Gasteiger partial charge in [-0.1, -0.05) is 19.1 Å². The van der Waals surface area contributed by atoms with Crippen LogP contribution in [0.3, 0.4) is 0 Å². The van der Waals surface area contributed by atoms with E-state index in [1.54, 1.807) is 0 Å². The van der Waals surface area contributed by atoms with Crippen LogP contribution in [-0.2, 0) is 6.42 Å². The molecule has 1 heterocycles. The van der Waals surface area contributed by atoms with E-state index < -0.39 is 0 Å². The van der Waals surface area contributed by atoms with Crippen molar-refractivity contribution in [2.24, 2.45) is 11.8 Å². The fourth-order valence-corrected chi connectivity index (χ4v) is 2.60. The Morgan fingerprint density at radius 2 is 2.06 bits per heavy atom. The molecule has 2 rings (SSSR count). The van der Waals surface area contributed by atoms with E-state index >= 15 is 0 Å². The van der Waals surface area contributed by atoms with Gasteiger partial charge in [0, 0.05) is 19.7 Å². The van der Waals surface area contributed by atoms with E-state index in [-0.39, 0.29) is 12.4 Å². The number of rotatable bonds is 4. The second-order valence-electron chi connectivity index (χ2n) is 5.39. The zero-order valence-corrected chi connectivity index (χ0v) is 11.0. The summed E-state index contributed by atoms with van der Waals surface area (Å²) < 4.78 is 12.8. The van der Waals surface area contributed by atoms with Gasteiger partial charge in [0.2, 0.25) is 0 Å². The van der Waals surface area contributed by atoms with Crippen molar-refractivity contribution in [2.75, 3.05) is 26.2 Å². The number of piperidine rings is 1. The first-order valence-corrected chi connectivity index (χ1v) is 6.76. The molecule has 1 fully saturated rings. The Bertz CT molecular complexity index is 365. The van der Waals surface area contributed by atoms with Gasteiger partial charge >= 0.3 is 0 Å². The van der Waals surface area contributed by atoms with Crippen LogP contribution in [0.5, 0.6) is 0 Å². The van der Waals surface area contributed by atoms with Gasteiger partial charge in [-0.15, -0.1) is 0 Å². The lowest BCUT2D eigenvalue weighted by molar-refractivity contribution is 0.0808. The second-order valence-corrected chi connectivity index (χ2v) is 5.39. The predicted octanol–water partition coefficient (Wildman–Crippen LogP) is 2.32. The molecular weight excluding hydrogens is 229 g/mol. The molecule has 3 heteroatoms. The second kappa shape index (κ2) is 6.30. The number of halogens is 1. The van der Waals surface area contributed by atoms with Crippen LogP contribution >= 0.6 is 0 Å². The van der Waals surface area contributed by atoms with Crippen molar-refractivity contribution < 1.29 is 9.50 Å². The highest BCUT2D eigenvalue weighted by Gasteiger charge is 2.24. The average molecular weight is 251 g/mol. The molecule has 0 aliphatic carbocycles. The Hall–Kier alpha value is -0.930. The average Bonchev–Trinajstić information content (AvgIpc) is 2.39. The lowest BCUT2D eigenvalue weighted by Gasteiger charge is -2.36. The van der Waals surface area contributed by atoms with Crippen LogP contribution in [-0.4, -0.2) is 36.2 Å². The fourth-order valence-electron chi connectivity index (χ4n) is 2.60. The molecule has 1 aliphatic rings. The highest BCUT2D eigenvalue weighted by atomic mass is 19.1. The summed E-state index contributed by atoms with van der Waals surface area (Å²) in [6, 6.07) is 6.74. The minimum atomic E-state index is -0.175. The number of hydrogen-bond acceptors (Lipinski definition) is 2. The summed E-state index contributed by atoms with van der Waals surface area (Å²) in [4.78, 5) is 2.41. The third kappa shape index (κ3) is 3.53. The van der Waals surface area contributed by atoms with E-state index in [0.717, 1.165) is 32.5 Å². The summed E-state index contributed by atoms with van der Waals surface area (Å²) in [5.41, 5.74) is 1.18. The summed E-state index contributed by atoms with van der Waals surface area (Å²) in [7, 11) is 0. The number of benzene rings is 1. The van der Waals surface area contributed by atoms with Gasteiger partial charge in [-0.3, -0.25) is 0 Å². The molecule has 1 aromatic rings. The minimum absolute atomic E-state index is 0.175. The third-order valence-corrected chi connectivity index (χ3v) is 4.06. The molecule has 0 radical (unpaired) electrons. The summed E-state index contributed by atoms with van der Waals surface area (Å²) >= 11 is 0. The van der Waals surface area contributed by atoms with Crippen LogP contribution in [0.4, 0.5) is 4.39 Å². The number of nitrogens with zero attached hydrogens (tertiary/aromatic N) is 1. The summed E-state index contributed by atoms with van der Waals surface area (Å²) in [6.07, 6.45) is 2.11. The molecule has 0 unspecified atom stereocenters. The standard InChI is InChI=1S/C15H22FNO/c1-12-6-8-17(10-14(12)11-18)9-7-13-2-4-15(16)5-3-13/h2-5,12,14,18H,6-11H2,1H3/t12-,14+/m0/s1. The molecule has 2 nitrogen and oxygen atoms in total. The summed E-state index contributed by atoms with van der Waals surface area (Å²) in [5.74, 6) is 0.856. The Labute approximate surface area is 108 Å². The maximum atomic E-state index is 12.8. The van der Waals surface area contributed by atoms with Crippen molar-refractivity contribution >= 4 is 0 Å². The van der Waals surface area contributed by atoms with Crippen molar-refractivity contribution in [1.29, 1.82) is 0 Å². The Morgan fingerprint density at radius 3 is 2.72 bits per heavy atom. The molecule has 0 aromatic heterocycles. The monoisotopic (exact) mass is 251 g/mol. The van der Waals surface area contributed by atoms with Gasteiger partial charge in [-0.25, -0.2) is 4.39 Å². The van der Waals surface area contributed by atoms with E-state index in [9.17, 15) is 9.50 Å². The molecule has 1 aliphatic heterocycles. The first-order valence-electron chi connectivity index (χ1n) is 6.76. The van der Waals surface area contributed by atoms with Crippen LogP contribution < -0.4 is 0 Å². The molecular formula is C15H22FNO. The van der Waals surface area contributed by atoms with E-state index in [0.29, 0.717) is 11.8 Å². The number of aliphatic hydroxyl groups is 1. The van der Waals surface area contributed by atoms with Gasteiger partial charge in [-0.05, 0) is 48.9 Å². The van der Waals surface area contributed by atoms with Gasteiger partial charge < -0.3 is 10.0 Å². The number of likely N-dealkylation sites (tertiary alicyclic amines) is 1. The lowest BCUT2D eigenvalue weighted by atomic mass is 9.87. The third-order valence-electron chi connectivity index (χ3n) is 4.06. The molecule has 100 valence electrons. The van der Waals surface area contributed by atoms with Crippen LogP contribution in [0.1, 0.15) is 18.9 Å². The van der Waals surface area contributed by atoms with E-state index in [2.05, 4.69) is 11.8 Å². The molecule has 0 saturated carbocycles. The molecule has 0 spiro atoms. The van der Waals surface area contributed by atoms with Gasteiger partial charge in [0.15, 0.2) is 0 Å². The van der Waals surface area contributed by atoms with Gasteiger partial charge in [0.25, 0.3) is 0 Å². The van der Waals surface area contributed by atoms with Crippen molar-refractivity contribution in [3.05, 3.63) is 35.6 Å². The molecule has 2 atom stereocenters. The normalized spacial score (nSPS) is 25.3. The van der Waals surface area contributed by atoms with E-state index in [1.807, 2.05) is 12.1 Å². The topological polar surface area (TPSA) is 23.5 Å². The van der Waals surface area contributed by atoms with E-state index in [4.69, 9.17) is 0 Å². The summed E-state index contributed by atoms with van der Waals surface area (Å²) in [5, 5.41) is 9.33. The van der Waals surface area contributed by atoms with Crippen molar-refractivity contribution in [3.63, 3.8) is 0 Å². The SMILES string of the molecule is C[C@H]1CCN(CCc2ccc(F)cc2)C[C@@H]1CO. The van der Waals surface area contributed by atoms with Crippen LogP contribution in [0.2, 0.25) is 0 Å². The molecule has 1 saturated heterocycles. The maximum Gasteiger partial charge on any atom is 0.123 e. The van der Waals surface area contributed by atoms with Crippen molar-refractivity contribution in [2.45, 2.75) is 19.8 Å². The predicted molar refractivity (Wildman–Crippen MR) is 70.9 cm³/mol. The molecule has 0 bridgehead atoms. The Balaban J connectivity index is 1.81. The zero-order chi connectivity index (χ0) is 13.0. The lowest BCUT2D eigenvalue weighted by Crippen LogP contribution is -2.41. The fraction of sp³-hybridized carbons (Fsp3) is 0.600. The molecule has 1 N–H and O–H groups in total.